The summed E-state index contributed by atoms with van der Waals surface area (Å²) in [6.07, 6.45) is 6.32. The summed E-state index contributed by atoms with van der Waals surface area (Å²) in [5.41, 5.74) is 0. The van der Waals surface area contributed by atoms with Gasteiger partial charge in [0.2, 0.25) is 11.8 Å². The molecule has 0 aromatic rings. The minimum Gasteiger partial charge on any atom is -0.356 e. The smallest absolute Gasteiger partial charge is 0.220 e. The topological polar surface area (TPSA) is 70.2 Å². The van der Waals surface area contributed by atoms with Crippen LogP contribution in [0.25, 0.3) is 0 Å². The van der Waals surface area contributed by atoms with E-state index in [0.29, 0.717) is 31.3 Å². The summed E-state index contributed by atoms with van der Waals surface area (Å²) in [5, 5.41) is 9.16. The van der Waals surface area contributed by atoms with Gasteiger partial charge in [-0.05, 0) is 51.1 Å². The molecular formula is C14H25N3O2. The Balaban J connectivity index is 1.47. The molecule has 3 N–H and O–H groups in total. The van der Waals surface area contributed by atoms with E-state index in [9.17, 15) is 9.59 Å². The average Bonchev–Trinajstić information content (AvgIpc) is 3.20. The lowest BCUT2D eigenvalue weighted by Gasteiger charge is -2.21. The van der Waals surface area contributed by atoms with Crippen molar-refractivity contribution in [3.05, 3.63) is 0 Å². The van der Waals surface area contributed by atoms with Gasteiger partial charge in [0.1, 0.15) is 0 Å². The second-order valence-electron chi connectivity index (χ2n) is 5.69. The Bertz CT molecular complexity index is 310. The van der Waals surface area contributed by atoms with Gasteiger partial charge >= 0.3 is 0 Å². The van der Waals surface area contributed by atoms with Crippen molar-refractivity contribution in [2.45, 2.75) is 51.0 Å². The van der Waals surface area contributed by atoms with Gasteiger partial charge in [0.15, 0.2) is 0 Å². The van der Waals surface area contributed by atoms with Crippen molar-refractivity contribution in [1.82, 2.24) is 16.0 Å². The van der Waals surface area contributed by atoms with Gasteiger partial charge in [-0.25, -0.2) is 0 Å². The molecule has 2 rings (SSSR count). The predicted octanol–water partition coefficient (Wildman–Crippen LogP) is 0.551. The van der Waals surface area contributed by atoms with E-state index in [1.54, 1.807) is 0 Å². The Hall–Kier alpha value is -1.10. The van der Waals surface area contributed by atoms with Gasteiger partial charge < -0.3 is 16.0 Å². The van der Waals surface area contributed by atoms with Crippen LogP contribution in [0.3, 0.4) is 0 Å². The molecule has 5 heteroatoms. The number of hydrogen-bond acceptors (Lipinski definition) is 3. The number of piperidine rings is 1. The monoisotopic (exact) mass is 267 g/mol. The van der Waals surface area contributed by atoms with Crippen LogP contribution in [-0.4, -0.2) is 37.5 Å². The summed E-state index contributed by atoms with van der Waals surface area (Å²) < 4.78 is 0. The lowest BCUT2D eigenvalue weighted by molar-refractivity contribution is -0.123. The van der Waals surface area contributed by atoms with Crippen LogP contribution in [0.5, 0.6) is 0 Å². The van der Waals surface area contributed by atoms with Crippen molar-refractivity contribution in [2.75, 3.05) is 19.6 Å². The molecule has 108 valence electrons. The first-order chi connectivity index (χ1) is 9.24. The van der Waals surface area contributed by atoms with Gasteiger partial charge in [-0.2, -0.15) is 0 Å². The van der Waals surface area contributed by atoms with E-state index in [-0.39, 0.29) is 11.8 Å². The lowest BCUT2D eigenvalue weighted by Crippen LogP contribution is -2.33. The highest BCUT2D eigenvalue weighted by molar-refractivity contribution is 5.77. The molecule has 2 amide bonds. The molecule has 1 aliphatic carbocycles. The predicted molar refractivity (Wildman–Crippen MR) is 73.6 cm³/mol. The molecule has 0 radical (unpaired) electrons. The fraction of sp³-hybridized carbons (Fsp3) is 0.857. The molecule has 1 saturated heterocycles. The van der Waals surface area contributed by atoms with Crippen molar-refractivity contribution >= 4 is 11.8 Å². The fourth-order valence-electron chi connectivity index (χ4n) is 2.42. The molecule has 1 heterocycles. The molecule has 2 fully saturated rings. The van der Waals surface area contributed by atoms with Crippen LogP contribution < -0.4 is 16.0 Å². The zero-order valence-corrected chi connectivity index (χ0v) is 11.5. The molecule has 0 aromatic carbocycles. The second-order valence-corrected chi connectivity index (χ2v) is 5.69. The van der Waals surface area contributed by atoms with Crippen LogP contribution in [0.15, 0.2) is 0 Å². The normalized spacial score (nSPS) is 20.0. The molecule has 0 spiro atoms. The standard InChI is InChI=1S/C14H25N3O2/c18-13(17-12-3-4-12)2-1-7-16-14(19)10-11-5-8-15-9-6-11/h11-12,15H,1-10H2,(H,16,19)(H,17,18). The first-order valence-corrected chi connectivity index (χ1v) is 7.51. The van der Waals surface area contributed by atoms with Crippen LogP contribution >= 0.6 is 0 Å². The second kappa shape index (κ2) is 7.48. The maximum absolute atomic E-state index is 11.7. The highest BCUT2D eigenvalue weighted by Gasteiger charge is 2.22. The maximum atomic E-state index is 11.7. The Morgan fingerprint density at radius 1 is 1.05 bits per heavy atom. The molecule has 19 heavy (non-hydrogen) atoms. The SMILES string of the molecule is O=C(CC1CCNCC1)NCCCC(=O)NC1CC1. The van der Waals surface area contributed by atoms with Crippen LogP contribution in [0.4, 0.5) is 0 Å². The summed E-state index contributed by atoms with van der Waals surface area (Å²) in [5.74, 6) is 0.782. The van der Waals surface area contributed by atoms with E-state index in [0.717, 1.165) is 45.2 Å². The Morgan fingerprint density at radius 3 is 2.47 bits per heavy atom. The molecule has 0 atom stereocenters. The summed E-state index contributed by atoms with van der Waals surface area (Å²) >= 11 is 0. The van der Waals surface area contributed by atoms with Crippen LogP contribution in [0.2, 0.25) is 0 Å². The first-order valence-electron chi connectivity index (χ1n) is 7.51. The molecule has 1 saturated carbocycles. The number of rotatable bonds is 7. The van der Waals surface area contributed by atoms with E-state index < -0.39 is 0 Å². The minimum absolute atomic E-state index is 0.120. The Labute approximate surface area is 114 Å². The van der Waals surface area contributed by atoms with Gasteiger partial charge in [-0.1, -0.05) is 0 Å². The van der Waals surface area contributed by atoms with Crippen molar-refractivity contribution < 1.29 is 9.59 Å². The molecule has 0 bridgehead atoms. The molecular weight excluding hydrogens is 242 g/mol. The van der Waals surface area contributed by atoms with Gasteiger partial charge in [0, 0.05) is 25.4 Å². The number of hydrogen-bond donors (Lipinski definition) is 3. The van der Waals surface area contributed by atoms with Crippen molar-refractivity contribution in [1.29, 1.82) is 0 Å². The third-order valence-corrected chi connectivity index (χ3v) is 3.78. The number of carbonyl (C=O) groups is 2. The summed E-state index contributed by atoms with van der Waals surface area (Å²) in [4.78, 5) is 23.1. The Kier molecular flexibility index (Phi) is 5.63. The Morgan fingerprint density at radius 2 is 1.79 bits per heavy atom. The zero-order chi connectivity index (χ0) is 13.5. The van der Waals surface area contributed by atoms with Crippen LogP contribution in [0.1, 0.15) is 44.9 Å². The fourth-order valence-corrected chi connectivity index (χ4v) is 2.42. The van der Waals surface area contributed by atoms with Gasteiger partial charge in [0.05, 0.1) is 0 Å². The number of nitrogens with one attached hydrogen (secondary N) is 3. The van der Waals surface area contributed by atoms with Crippen molar-refractivity contribution in [3.63, 3.8) is 0 Å². The minimum atomic E-state index is 0.120. The van der Waals surface area contributed by atoms with E-state index in [1.165, 1.54) is 0 Å². The lowest BCUT2D eigenvalue weighted by atomic mass is 9.94. The van der Waals surface area contributed by atoms with E-state index in [1.807, 2.05) is 0 Å². The van der Waals surface area contributed by atoms with Crippen molar-refractivity contribution in [2.24, 2.45) is 5.92 Å². The first kappa shape index (κ1) is 14.3. The summed E-state index contributed by atoms with van der Waals surface area (Å²) in [7, 11) is 0. The maximum Gasteiger partial charge on any atom is 0.220 e. The third-order valence-electron chi connectivity index (χ3n) is 3.78. The summed E-state index contributed by atoms with van der Waals surface area (Å²) in [6, 6.07) is 0.432. The molecule has 0 aromatic heterocycles. The van der Waals surface area contributed by atoms with E-state index in [2.05, 4.69) is 16.0 Å². The number of amides is 2. The highest BCUT2D eigenvalue weighted by atomic mass is 16.2. The zero-order valence-electron chi connectivity index (χ0n) is 11.5. The highest BCUT2D eigenvalue weighted by Crippen LogP contribution is 2.18. The third kappa shape index (κ3) is 6.05. The molecule has 5 nitrogen and oxygen atoms in total. The van der Waals surface area contributed by atoms with Gasteiger partial charge in [-0.3, -0.25) is 9.59 Å². The van der Waals surface area contributed by atoms with Crippen LogP contribution in [0, 0.1) is 5.92 Å². The largest absolute Gasteiger partial charge is 0.356 e. The average molecular weight is 267 g/mol. The van der Waals surface area contributed by atoms with Gasteiger partial charge in [0.25, 0.3) is 0 Å². The van der Waals surface area contributed by atoms with E-state index >= 15 is 0 Å². The van der Waals surface area contributed by atoms with Crippen LogP contribution in [-0.2, 0) is 9.59 Å². The molecule has 2 aliphatic rings. The van der Waals surface area contributed by atoms with Gasteiger partial charge in [-0.15, -0.1) is 0 Å². The molecule has 0 unspecified atom stereocenters. The quantitative estimate of drug-likeness (QED) is 0.590. The number of carbonyl (C=O) groups excluding carboxylic acids is 2. The summed E-state index contributed by atoms with van der Waals surface area (Å²) in [6.45, 7) is 2.67. The van der Waals surface area contributed by atoms with Crippen molar-refractivity contribution in [3.8, 4) is 0 Å². The molecule has 1 aliphatic heterocycles. The van der Waals surface area contributed by atoms with E-state index in [4.69, 9.17) is 0 Å².